The lowest BCUT2D eigenvalue weighted by Crippen LogP contribution is -2.39. The van der Waals surface area contributed by atoms with Gasteiger partial charge in [-0.2, -0.15) is 0 Å². The van der Waals surface area contributed by atoms with E-state index in [1.165, 1.54) is 40.7 Å². The second-order valence-electron chi connectivity index (χ2n) is 7.37. The van der Waals surface area contributed by atoms with E-state index in [1.807, 2.05) is 32.0 Å². The number of hydrogen-bond acceptors (Lipinski definition) is 2. The number of aryl methyl sites for hydroxylation is 4. The number of benzene rings is 2. The lowest BCUT2D eigenvalue weighted by molar-refractivity contribution is -0.128. The Morgan fingerprint density at radius 1 is 1.08 bits per heavy atom. The summed E-state index contributed by atoms with van der Waals surface area (Å²) in [7, 11) is 0. The van der Waals surface area contributed by atoms with E-state index < -0.39 is 6.10 Å². The second kappa shape index (κ2) is 7.94. The Morgan fingerprint density at radius 2 is 1.85 bits per heavy atom. The minimum Gasteiger partial charge on any atom is -0.481 e. The summed E-state index contributed by atoms with van der Waals surface area (Å²) in [5.74, 6) is 0.694. The van der Waals surface area contributed by atoms with Crippen molar-refractivity contribution in [2.45, 2.75) is 65.5 Å². The normalized spacial score (nSPS) is 15.2. The van der Waals surface area contributed by atoms with Crippen LogP contribution >= 0.6 is 0 Å². The van der Waals surface area contributed by atoms with Crippen molar-refractivity contribution in [3.63, 3.8) is 0 Å². The topological polar surface area (TPSA) is 38.3 Å². The quantitative estimate of drug-likeness (QED) is 0.810. The van der Waals surface area contributed by atoms with Crippen LogP contribution in [0, 0.1) is 13.8 Å². The summed E-state index contributed by atoms with van der Waals surface area (Å²) in [6.45, 7) is 8.14. The van der Waals surface area contributed by atoms with Crippen LogP contribution in [0.15, 0.2) is 36.4 Å². The van der Waals surface area contributed by atoms with Crippen LogP contribution < -0.4 is 10.1 Å². The molecule has 0 heterocycles. The first-order valence-corrected chi connectivity index (χ1v) is 9.64. The number of carbonyl (C=O) groups excluding carboxylic acids is 1. The number of amides is 1. The van der Waals surface area contributed by atoms with Crippen molar-refractivity contribution in [3.05, 3.63) is 64.2 Å². The Balaban J connectivity index is 1.65. The average Bonchev–Trinajstić information content (AvgIpc) is 3.10. The van der Waals surface area contributed by atoms with Gasteiger partial charge in [0.15, 0.2) is 6.10 Å². The highest BCUT2D eigenvalue weighted by Crippen LogP contribution is 2.25. The first-order chi connectivity index (χ1) is 12.5. The van der Waals surface area contributed by atoms with E-state index >= 15 is 0 Å². The molecule has 2 aromatic carbocycles. The van der Waals surface area contributed by atoms with Crippen molar-refractivity contribution in [2.24, 2.45) is 0 Å². The molecule has 26 heavy (non-hydrogen) atoms. The van der Waals surface area contributed by atoms with Gasteiger partial charge in [-0.25, -0.2) is 0 Å². The zero-order valence-corrected chi connectivity index (χ0v) is 16.3. The van der Waals surface area contributed by atoms with Gasteiger partial charge >= 0.3 is 0 Å². The van der Waals surface area contributed by atoms with Crippen LogP contribution in [0.1, 0.15) is 60.5 Å². The predicted octanol–water partition coefficient (Wildman–Crippen LogP) is 4.83. The minimum atomic E-state index is -0.478. The molecule has 0 fully saturated rings. The van der Waals surface area contributed by atoms with Crippen LogP contribution in [-0.4, -0.2) is 12.0 Å². The minimum absolute atomic E-state index is 0.0224. The monoisotopic (exact) mass is 351 g/mol. The van der Waals surface area contributed by atoms with E-state index in [0.717, 1.165) is 12.2 Å². The van der Waals surface area contributed by atoms with Crippen LogP contribution in [-0.2, 0) is 17.6 Å². The largest absolute Gasteiger partial charge is 0.481 e. The summed E-state index contributed by atoms with van der Waals surface area (Å²) in [5, 5.41) is 3.12. The van der Waals surface area contributed by atoms with Crippen LogP contribution in [0.5, 0.6) is 5.75 Å². The lowest BCUT2D eigenvalue weighted by Gasteiger charge is -2.21. The molecule has 1 aliphatic carbocycles. The molecule has 0 aromatic heterocycles. The summed E-state index contributed by atoms with van der Waals surface area (Å²) >= 11 is 0. The molecule has 0 unspecified atom stereocenters. The van der Waals surface area contributed by atoms with Gasteiger partial charge in [0, 0.05) is 0 Å². The van der Waals surface area contributed by atoms with Crippen molar-refractivity contribution in [1.29, 1.82) is 0 Å². The van der Waals surface area contributed by atoms with Gasteiger partial charge < -0.3 is 10.1 Å². The molecule has 0 saturated carbocycles. The highest BCUT2D eigenvalue weighted by atomic mass is 16.5. The number of rotatable bonds is 6. The molecule has 2 aromatic rings. The third-order valence-electron chi connectivity index (χ3n) is 5.40. The fraction of sp³-hybridized carbons (Fsp3) is 0.435. The van der Waals surface area contributed by atoms with Gasteiger partial charge in [-0.1, -0.05) is 31.2 Å². The van der Waals surface area contributed by atoms with Crippen molar-refractivity contribution in [1.82, 2.24) is 5.32 Å². The zero-order valence-electron chi connectivity index (χ0n) is 16.3. The first-order valence-electron chi connectivity index (χ1n) is 9.64. The number of fused-ring (bicyclic) bond motifs is 1. The highest BCUT2D eigenvalue weighted by Gasteiger charge is 2.21. The molecule has 3 nitrogen and oxygen atoms in total. The highest BCUT2D eigenvalue weighted by molar-refractivity contribution is 5.81. The maximum atomic E-state index is 12.7. The summed E-state index contributed by atoms with van der Waals surface area (Å²) in [6.07, 6.45) is 3.72. The average molecular weight is 351 g/mol. The molecular formula is C23H29NO2. The second-order valence-corrected chi connectivity index (χ2v) is 7.37. The molecule has 0 saturated heterocycles. The van der Waals surface area contributed by atoms with Gasteiger partial charge in [-0.15, -0.1) is 0 Å². The smallest absolute Gasteiger partial charge is 0.261 e. The lowest BCUT2D eigenvalue weighted by atomic mass is 10.0. The molecule has 0 aliphatic heterocycles. The van der Waals surface area contributed by atoms with E-state index in [1.54, 1.807) is 0 Å². The molecule has 0 bridgehead atoms. The standard InChI is InChI=1S/C23H29NO2/c1-5-22(26-21-12-9-15(2)16(3)13-21)23(25)24-17(4)19-11-10-18-7-6-8-20(18)14-19/h9-14,17,22H,5-8H2,1-4H3,(H,24,25)/t17-,22-/m1/s1. The SMILES string of the molecule is CC[C@@H](Oc1ccc(C)c(C)c1)C(=O)N[C@H](C)c1ccc2c(c1)CCC2. The summed E-state index contributed by atoms with van der Waals surface area (Å²) in [5.41, 5.74) is 6.45. The third-order valence-corrected chi connectivity index (χ3v) is 5.40. The fourth-order valence-electron chi connectivity index (χ4n) is 3.52. The van der Waals surface area contributed by atoms with E-state index in [2.05, 4.69) is 37.4 Å². The number of ether oxygens (including phenoxy) is 1. The van der Waals surface area contributed by atoms with E-state index in [4.69, 9.17) is 4.74 Å². The molecule has 2 atom stereocenters. The maximum absolute atomic E-state index is 12.7. The summed E-state index contributed by atoms with van der Waals surface area (Å²) < 4.78 is 5.96. The number of nitrogens with one attached hydrogen (secondary N) is 1. The Morgan fingerprint density at radius 3 is 2.58 bits per heavy atom. The van der Waals surface area contributed by atoms with Crippen molar-refractivity contribution >= 4 is 5.91 Å². The van der Waals surface area contributed by atoms with Crippen LogP contribution in [0.4, 0.5) is 0 Å². The van der Waals surface area contributed by atoms with E-state index in [0.29, 0.717) is 6.42 Å². The van der Waals surface area contributed by atoms with Crippen molar-refractivity contribution < 1.29 is 9.53 Å². The van der Waals surface area contributed by atoms with Gasteiger partial charge in [-0.05, 0) is 86.4 Å². The molecule has 0 radical (unpaired) electrons. The predicted molar refractivity (Wildman–Crippen MR) is 106 cm³/mol. The molecule has 3 rings (SSSR count). The number of carbonyl (C=O) groups is 1. The Labute approximate surface area is 156 Å². The molecule has 0 spiro atoms. The van der Waals surface area contributed by atoms with Gasteiger partial charge in [-0.3, -0.25) is 4.79 Å². The van der Waals surface area contributed by atoms with Crippen molar-refractivity contribution in [3.8, 4) is 5.75 Å². The van der Waals surface area contributed by atoms with Gasteiger partial charge in [0.05, 0.1) is 6.04 Å². The Bertz CT molecular complexity index is 797. The molecule has 3 heteroatoms. The van der Waals surface area contributed by atoms with Crippen molar-refractivity contribution in [2.75, 3.05) is 0 Å². The molecular weight excluding hydrogens is 322 g/mol. The molecule has 1 aliphatic rings. The first kappa shape index (κ1) is 18.5. The van der Waals surface area contributed by atoms with Crippen LogP contribution in [0.25, 0.3) is 0 Å². The molecule has 1 N–H and O–H groups in total. The van der Waals surface area contributed by atoms with Gasteiger partial charge in [0.2, 0.25) is 0 Å². The molecule has 1 amide bonds. The van der Waals surface area contributed by atoms with E-state index in [-0.39, 0.29) is 11.9 Å². The maximum Gasteiger partial charge on any atom is 0.261 e. The summed E-state index contributed by atoms with van der Waals surface area (Å²) in [4.78, 5) is 12.7. The third kappa shape index (κ3) is 4.09. The Kier molecular flexibility index (Phi) is 5.65. The van der Waals surface area contributed by atoms with Gasteiger partial charge in [0.1, 0.15) is 5.75 Å². The fourth-order valence-corrected chi connectivity index (χ4v) is 3.52. The zero-order chi connectivity index (χ0) is 18.7. The number of hydrogen-bond donors (Lipinski definition) is 1. The van der Waals surface area contributed by atoms with Crippen LogP contribution in [0.3, 0.4) is 0 Å². The Hall–Kier alpha value is -2.29. The summed E-state index contributed by atoms with van der Waals surface area (Å²) in [6, 6.07) is 12.5. The van der Waals surface area contributed by atoms with Gasteiger partial charge in [0.25, 0.3) is 5.91 Å². The molecule has 138 valence electrons. The van der Waals surface area contributed by atoms with Crippen LogP contribution in [0.2, 0.25) is 0 Å². The van der Waals surface area contributed by atoms with E-state index in [9.17, 15) is 4.79 Å².